The van der Waals surface area contributed by atoms with Crippen molar-refractivity contribution in [3.63, 3.8) is 0 Å². The minimum Gasteiger partial charge on any atom is -0.390 e. The van der Waals surface area contributed by atoms with Crippen molar-refractivity contribution in [3.8, 4) is 0 Å². The molecule has 0 aromatic carbocycles. The van der Waals surface area contributed by atoms with Crippen molar-refractivity contribution in [2.75, 3.05) is 0 Å². The van der Waals surface area contributed by atoms with Crippen LogP contribution in [0.15, 0.2) is 0 Å². The Morgan fingerprint density at radius 2 is 2.00 bits per heavy atom. The molecule has 0 spiro atoms. The van der Waals surface area contributed by atoms with Crippen molar-refractivity contribution >= 4 is 0 Å². The van der Waals surface area contributed by atoms with E-state index in [1.165, 1.54) is 25.7 Å². The monoisotopic (exact) mass is 170 g/mol. The number of hydrogen-bond acceptors (Lipinski definition) is 2. The highest BCUT2D eigenvalue weighted by Gasteiger charge is 2.35. The van der Waals surface area contributed by atoms with Gasteiger partial charge in [-0.2, -0.15) is 0 Å². The predicted octanol–water partition coefficient (Wildman–Crippen LogP) is 1.71. The molecule has 0 aromatic rings. The number of ether oxygens (including phenoxy) is 1. The molecule has 0 radical (unpaired) electrons. The molecule has 70 valence electrons. The van der Waals surface area contributed by atoms with E-state index in [0.717, 1.165) is 6.42 Å². The first-order valence-corrected chi connectivity index (χ1v) is 5.11. The Morgan fingerprint density at radius 1 is 1.25 bits per heavy atom. The Kier molecular flexibility index (Phi) is 2.37. The van der Waals surface area contributed by atoms with Crippen LogP contribution >= 0.6 is 0 Å². The molecule has 0 bridgehead atoms. The summed E-state index contributed by atoms with van der Waals surface area (Å²) in [5.74, 6) is 0.643. The van der Waals surface area contributed by atoms with Gasteiger partial charge < -0.3 is 9.84 Å². The molecule has 2 rings (SSSR count). The molecule has 2 nitrogen and oxygen atoms in total. The highest BCUT2D eigenvalue weighted by atomic mass is 16.5. The summed E-state index contributed by atoms with van der Waals surface area (Å²) in [5, 5.41) is 9.59. The van der Waals surface area contributed by atoms with Crippen molar-refractivity contribution in [2.24, 2.45) is 5.92 Å². The largest absolute Gasteiger partial charge is 0.390 e. The molecule has 2 heteroatoms. The molecule has 1 heterocycles. The fourth-order valence-electron chi connectivity index (χ4n) is 2.49. The molecule has 1 N–H and O–H groups in total. The Morgan fingerprint density at radius 3 is 2.83 bits per heavy atom. The zero-order valence-electron chi connectivity index (χ0n) is 7.70. The first-order chi connectivity index (χ1) is 5.77. The van der Waals surface area contributed by atoms with Gasteiger partial charge in [0.15, 0.2) is 0 Å². The summed E-state index contributed by atoms with van der Waals surface area (Å²) < 4.78 is 5.75. The van der Waals surface area contributed by atoms with Crippen LogP contribution in [-0.2, 0) is 4.74 Å². The Hall–Kier alpha value is -0.0800. The van der Waals surface area contributed by atoms with E-state index in [-0.39, 0.29) is 12.2 Å². The van der Waals surface area contributed by atoms with Gasteiger partial charge in [-0.3, -0.25) is 0 Å². The molecule has 4 unspecified atom stereocenters. The van der Waals surface area contributed by atoms with Crippen LogP contribution in [-0.4, -0.2) is 23.4 Å². The van der Waals surface area contributed by atoms with Gasteiger partial charge in [-0.05, 0) is 32.1 Å². The lowest BCUT2D eigenvalue weighted by Crippen LogP contribution is -2.44. The van der Waals surface area contributed by atoms with E-state index < -0.39 is 0 Å². The molecule has 2 fully saturated rings. The molecule has 12 heavy (non-hydrogen) atoms. The highest BCUT2D eigenvalue weighted by molar-refractivity contribution is 4.85. The second kappa shape index (κ2) is 3.35. The smallest absolute Gasteiger partial charge is 0.0809 e. The van der Waals surface area contributed by atoms with Crippen LogP contribution in [0.1, 0.15) is 39.0 Å². The van der Waals surface area contributed by atoms with Gasteiger partial charge in [0.05, 0.1) is 18.3 Å². The third-order valence-corrected chi connectivity index (χ3v) is 3.31. The van der Waals surface area contributed by atoms with Gasteiger partial charge in [0.1, 0.15) is 0 Å². The maximum absolute atomic E-state index is 9.59. The lowest BCUT2D eigenvalue weighted by atomic mass is 9.80. The fourth-order valence-corrected chi connectivity index (χ4v) is 2.49. The first-order valence-electron chi connectivity index (χ1n) is 5.11. The predicted molar refractivity (Wildman–Crippen MR) is 46.9 cm³/mol. The van der Waals surface area contributed by atoms with Crippen LogP contribution in [0, 0.1) is 5.92 Å². The zero-order chi connectivity index (χ0) is 8.55. The molecule has 1 saturated carbocycles. The molecule has 0 amide bonds. The Balaban J connectivity index is 1.98. The quantitative estimate of drug-likeness (QED) is 0.599. The summed E-state index contributed by atoms with van der Waals surface area (Å²) in [7, 11) is 0. The SMILES string of the molecule is CC1OC2CCCCC2CC1O. The van der Waals surface area contributed by atoms with E-state index in [0.29, 0.717) is 12.0 Å². The van der Waals surface area contributed by atoms with Crippen molar-refractivity contribution in [1.29, 1.82) is 0 Å². The van der Waals surface area contributed by atoms with E-state index >= 15 is 0 Å². The average Bonchev–Trinajstić information content (AvgIpc) is 2.07. The molecule has 0 aromatic heterocycles. The molecule has 1 saturated heterocycles. The van der Waals surface area contributed by atoms with Crippen molar-refractivity contribution in [1.82, 2.24) is 0 Å². The van der Waals surface area contributed by atoms with Crippen molar-refractivity contribution in [2.45, 2.75) is 57.3 Å². The van der Waals surface area contributed by atoms with E-state index in [1.54, 1.807) is 0 Å². The van der Waals surface area contributed by atoms with Crippen LogP contribution in [0.2, 0.25) is 0 Å². The minimum atomic E-state index is -0.218. The van der Waals surface area contributed by atoms with Gasteiger partial charge in [-0.15, -0.1) is 0 Å². The van der Waals surface area contributed by atoms with Crippen LogP contribution in [0.4, 0.5) is 0 Å². The zero-order valence-corrected chi connectivity index (χ0v) is 7.70. The number of aliphatic hydroxyl groups is 1. The standard InChI is InChI=1S/C10H18O2/c1-7-9(11)6-8-4-2-3-5-10(8)12-7/h7-11H,2-6H2,1H3. The summed E-state index contributed by atoms with van der Waals surface area (Å²) in [6, 6.07) is 0. The molecular weight excluding hydrogens is 152 g/mol. The minimum absolute atomic E-state index is 0.0596. The summed E-state index contributed by atoms with van der Waals surface area (Å²) in [6.45, 7) is 1.98. The maximum atomic E-state index is 9.59. The van der Waals surface area contributed by atoms with Gasteiger partial charge >= 0.3 is 0 Å². The summed E-state index contributed by atoms with van der Waals surface area (Å²) >= 11 is 0. The number of fused-ring (bicyclic) bond motifs is 1. The molecular formula is C10H18O2. The van der Waals surface area contributed by atoms with Crippen LogP contribution in [0.25, 0.3) is 0 Å². The topological polar surface area (TPSA) is 29.5 Å². The molecule has 1 aliphatic heterocycles. The van der Waals surface area contributed by atoms with Gasteiger partial charge in [0.25, 0.3) is 0 Å². The van der Waals surface area contributed by atoms with Gasteiger partial charge in [-0.25, -0.2) is 0 Å². The average molecular weight is 170 g/mol. The van der Waals surface area contributed by atoms with E-state index in [2.05, 4.69) is 0 Å². The lowest BCUT2D eigenvalue weighted by Gasteiger charge is -2.41. The van der Waals surface area contributed by atoms with E-state index in [9.17, 15) is 5.11 Å². The number of rotatable bonds is 0. The molecule has 1 aliphatic carbocycles. The van der Waals surface area contributed by atoms with E-state index in [4.69, 9.17) is 4.74 Å². The van der Waals surface area contributed by atoms with Crippen LogP contribution < -0.4 is 0 Å². The summed E-state index contributed by atoms with van der Waals surface area (Å²) in [4.78, 5) is 0. The van der Waals surface area contributed by atoms with Gasteiger partial charge in [0.2, 0.25) is 0 Å². The van der Waals surface area contributed by atoms with Crippen LogP contribution in [0.3, 0.4) is 0 Å². The van der Waals surface area contributed by atoms with E-state index in [1.807, 2.05) is 6.92 Å². The van der Waals surface area contributed by atoms with Crippen LogP contribution in [0.5, 0.6) is 0 Å². The van der Waals surface area contributed by atoms with Crippen molar-refractivity contribution in [3.05, 3.63) is 0 Å². The van der Waals surface area contributed by atoms with Gasteiger partial charge in [-0.1, -0.05) is 12.8 Å². The summed E-state index contributed by atoms with van der Waals surface area (Å²) in [6.07, 6.45) is 6.36. The lowest BCUT2D eigenvalue weighted by molar-refractivity contribution is -0.148. The Labute approximate surface area is 73.9 Å². The molecule has 2 aliphatic rings. The molecule has 4 atom stereocenters. The maximum Gasteiger partial charge on any atom is 0.0809 e. The second-order valence-electron chi connectivity index (χ2n) is 4.23. The highest BCUT2D eigenvalue weighted by Crippen LogP contribution is 2.35. The summed E-state index contributed by atoms with van der Waals surface area (Å²) in [5.41, 5.74) is 0. The second-order valence-corrected chi connectivity index (χ2v) is 4.23. The fraction of sp³-hybridized carbons (Fsp3) is 1.00. The van der Waals surface area contributed by atoms with Crippen molar-refractivity contribution < 1.29 is 9.84 Å². The third kappa shape index (κ3) is 1.50. The normalized spacial score (nSPS) is 48.5. The van der Waals surface area contributed by atoms with Gasteiger partial charge in [0, 0.05) is 0 Å². The Bertz CT molecular complexity index is 140. The number of hydrogen-bond donors (Lipinski definition) is 1. The third-order valence-electron chi connectivity index (χ3n) is 3.31. The number of aliphatic hydroxyl groups excluding tert-OH is 1. The first kappa shape index (κ1) is 8.52.